The molecule has 1 amide bonds. The molecular weight excluding hydrogens is 329 g/mol. The molecule has 0 aromatic heterocycles. The normalized spacial score (nSPS) is 11.3. The molecule has 2 aromatic carbocycles. The van der Waals surface area contributed by atoms with Gasteiger partial charge >= 0.3 is 0 Å². The summed E-state index contributed by atoms with van der Waals surface area (Å²) in [6.07, 6.45) is 0. The summed E-state index contributed by atoms with van der Waals surface area (Å²) in [4.78, 5) is 12.0. The minimum Gasteiger partial charge on any atom is -0.322 e. The van der Waals surface area contributed by atoms with E-state index in [9.17, 15) is 17.6 Å². The van der Waals surface area contributed by atoms with E-state index in [0.717, 1.165) is 0 Å². The van der Waals surface area contributed by atoms with E-state index in [1.807, 2.05) is 0 Å². The molecule has 116 valence electrons. The van der Waals surface area contributed by atoms with Gasteiger partial charge in [0, 0.05) is 16.4 Å². The number of rotatable bonds is 3. The molecule has 0 aliphatic rings. The van der Waals surface area contributed by atoms with Crippen molar-refractivity contribution in [1.29, 1.82) is 0 Å². The molecule has 22 heavy (non-hydrogen) atoms. The summed E-state index contributed by atoms with van der Waals surface area (Å²) in [6, 6.07) is 8.33. The Balaban J connectivity index is 2.41. The van der Waals surface area contributed by atoms with Crippen LogP contribution in [0.3, 0.4) is 0 Å². The molecule has 0 heterocycles. The number of aryl methyl sites for hydroxylation is 2. The molecule has 0 bridgehead atoms. The Morgan fingerprint density at radius 3 is 2.41 bits per heavy atom. The third kappa shape index (κ3) is 3.64. The first-order valence-corrected chi connectivity index (χ1v) is 8.62. The minimum atomic E-state index is -4.05. The lowest BCUT2D eigenvalue weighted by molar-refractivity contribution is 0.102. The van der Waals surface area contributed by atoms with Gasteiger partial charge in [0.05, 0.1) is 10.5 Å². The third-order valence-electron chi connectivity index (χ3n) is 3.06. The summed E-state index contributed by atoms with van der Waals surface area (Å²) in [7, 11) is 1.30. The van der Waals surface area contributed by atoms with Crippen LogP contribution in [0, 0.1) is 19.7 Å². The maximum Gasteiger partial charge on any atom is 0.262 e. The first-order chi connectivity index (χ1) is 10.2. The van der Waals surface area contributed by atoms with Gasteiger partial charge in [-0.25, -0.2) is 12.8 Å². The standard InChI is InChI=1S/C15H13ClFNO3S/c1-9-3-6-14(22(16,20)21)12(7-9)15(19)18-11-4-5-13(17)10(2)8-11/h3-8H,1-2H3,(H,18,19). The Hall–Kier alpha value is -1.92. The van der Waals surface area contributed by atoms with Gasteiger partial charge in [-0.1, -0.05) is 11.6 Å². The number of hydrogen-bond donors (Lipinski definition) is 1. The number of halogens is 2. The van der Waals surface area contributed by atoms with Crippen molar-refractivity contribution in [2.24, 2.45) is 0 Å². The van der Waals surface area contributed by atoms with E-state index in [1.165, 1.54) is 30.3 Å². The number of carbonyl (C=O) groups excluding carboxylic acids is 1. The van der Waals surface area contributed by atoms with Crippen molar-refractivity contribution in [2.45, 2.75) is 18.7 Å². The van der Waals surface area contributed by atoms with Crippen LogP contribution in [0.4, 0.5) is 10.1 Å². The number of carbonyl (C=O) groups is 1. The smallest absolute Gasteiger partial charge is 0.262 e. The van der Waals surface area contributed by atoms with E-state index in [1.54, 1.807) is 19.9 Å². The fraction of sp³-hybridized carbons (Fsp3) is 0.133. The molecule has 0 atom stereocenters. The van der Waals surface area contributed by atoms with Gasteiger partial charge in [0.15, 0.2) is 0 Å². The maximum atomic E-state index is 13.2. The quantitative estimate of drug-likeness (QED) is 0.867. The minimum absolute atomic E-state index is 0.0584. The van der Waals surface area contributed by atoms with Crippen molar-refractivity contribution < 1.29 is 17.6 Å². The molecule has 7 heteroatoms. The summed E-state index contributed by atoms with van der Waals surface area (Å²) in [5.74, 6) is -1.02. The molecular formula is C15H13ClFNO3S. The molecule has 0 unspecified atom stereocenters. The first-order valence-electron chi connectivity index (χ1n) is 6.31. The van der Waals surface area contributed by atoms with Crippen LogP contribution < -0.4 is 5.32 Å². The van der Waals surface area contributed by atoms with Crippen molar-refractivity contribution in [1.82, 2.24) is 0 Å². The molecule has 2 aromatic rings. The molecule has 0 aliphatic heterocycles. The highest BCUT2D eigenvalue weighted by Crippen LogP contribution is 2.23. The molecule has 0 saturated carbocycles. The second kappa shape index (κ2) is 6.06. The van der Waals surface area contributed by atoms with E-state index in [-0.39, 0.29) is 10.5 Å². The molecule has 0 fully saturated rings. The number of hydrogen-bond acceptors (Lipinski definition) is 3. The topological polar surface area (TPSA) is 63.2 Å². The molecule has 0 saturated heterocycles. The number of amides is 1. The fourth-order valence-electron chi connectivity index (χ4n) is 1.95. The average molecular weight is 342 g/mol. The Morgan fingerprint density at radius 1 is 1.14 bits per heavy atom. The highest BCUT2D eigenvalue weighted by atomic mass is 35.7. The lowest BCUT2D eigenvalue weighted by Gasteiger charge is -2.10. The Labute approximate surface area is 132 Å². The van der Waals surface area contributed by atoms with E-state index in [0.29, 0.717) is 16.8 Å². The van der Waals surface area contributed by atoms with Crippen LogP contribution >= 0.6 is 10.7 Å². The lowest BCUT2D eigenvalue weighted by Crippen LogP contribution is -2.15. The third-order valence-corrected chi connectivity index (χ3v) is 4.44. The summed E-state index contributed by atoms with van der Waals surface area (Å²) in [5.41, 5.74) is 1.39. The zero-order valence-electron chi connectivity index (χ0n) is 11.9. The van der Waals surface area contributed by atoms with Crippen LogP contribution in [0.5, 0.6) is 0 Å². The molecule has 0 radical (unpaired) electrons. The predicted octanol–water partition coefficient (Wildman–Crippen LogP) is 3.62. The highest BCUT2D eigenvalue weighted by Gasteiger charge is 2.21. The summed E-state index contributed by atoms with van der Waals surface area (Å²) < 4.78 is 36.3. The average Bonchev–Trinajstić information content (AvgIpc) is 2.41. The van der Waals surface area contributed by atoms with Gasteiger partial charge in [-0.2, -0.15) is 0 Å². The molecule has 4 nitrogen and oxygen atoms in total. The van der Waals surface area contributed by atoms with Gasteiger partial charge in [-0.05, 0) is 49.7 Å². The van der Waals surface area contributed by atoms with E-state index in [2.05, 4.69) is 5.32 Å². The van der Waals surface area contributed by atoms with Gasteiger partial charge in [-0.15, -0.1) is 0 Å². The van der Waals surface area contributed by atoms with Gasteiger partial charge in [-0.3, -0.25) is 4.79 Å². The Morgan fingerprint density at radius 2 is 1.82 bits per heavy atom. The van der Waals surface area contributed by atoms with Crippen LogP contribution in [-0.2, 0) is 9.05 Å². The van der Waals surface area contributed by atoms with Crippen LogP contribution in [0.25, 0.3) is 0 Å². The van der Waals surface area contributed by atoms with Crippen molar-refractivity contribution >= 4 is 31.3 Å². The predicted molar refractivity (Wildman–Crippen MR) is 83.3 cm³/mol. The van der Waals surface area contributed by atoms with Gasteiger partial charge < -0.3 is 5.32 Å². The van der Waals surface area contributed by atoms with E-state index in [4.69, 9.17) is 10.7 Å². The fourth-order valence-corrected chi connectivity index (χ4v) is 3.00. The first kappa shape index (κ1) is 16.5. The SMILES string of the molecule is Cc1ccc(S(=O)(=O)Cl)c(C(=O)Nc2ccc(F)c(C)c2)c1. The zero-order chi connectivity index (χ0) is 16.5. The van der Waals surface area contributed by atoms with Crippen LogP contribution in [0.15, 0.2) is 41.3 Å². The summed E-state index contributed by atoms with van der Waals surface area (Å²) in [6.45, 7) is 3.29. The lowest BCUT2D eigenvalue weighted by atomic mass is 10.1. The van der Waals surface area contributed by atoms with Crippen molar-refractivity contribution in [2.75, 3.05) is 5.32 Å². The number of anilines is 1. The number of benzene rings is 2. The zero-order valence-corrected chi connectivity index (χ0v) is 13.4. The van der Waals surface area contributed by atoms with Crippen LogP contribution in [0.2, 0.25) is 0 Å². The van der Waals surface area contributed by atoms with Crippen LogP contribution in [-0.4, -0.2) is 14.3 Å². The largest absolute Gasteiger partial charge is 0.322 e. The molecule has 0 spiro atoms. The van der Waals surface area contributed by atoms with Gasteiger partial charge in [0.25, 0.3) is 15.0 Å². The van der Waals surface area contributed by atoms with Crippen LogP contribution in [0.1, 0.15) is 21.5 Å². The second-order valence-corrected chi connectivity index (χ2v) is 7.39. The molecule has 0 aliphatic carbocycles. The monoisotopic (exact) mass is 341 g/mol. The Bertz CT molecular complexity index is 850. The van der Waals surface area contributed by atoms with Crippen molar-refractivity contribution in [3.63, 3.8) is 0 Å². The van der Waals surface area contributed by atoms with E-state index < -0.39 is 20.8 Å². The van der Waals surface area contributed by atoms with Crippen molar-refractivity contribution in [3.05, 3.63) is 58.9 Å². The summed E-state index contributed by atoms with van der Waals surface area (Å²) in [5, 5.41) is 2.54. The summed E-state index contributed by atoms with van der Waals surface area (Å²) >= 11 is 0. The van der Waals surface area contributed by atoms with E-state index >= 15 is 0 Å². The highest BCUT2D eigenvalue weighted by molar-refractivity contribution is 8.13. The van der Waals surface area contributed by atoms with Gasteiger partial charge in [0.1, 0.15) is 5.82 Å². The van der Waals surface area contributed by atoms with Gasteiger partial charge in [0.2, 0.25) is 0 Å². The van der Waals surface area contributed by atoms with Crippen molar-refractivity contribution in [3.8, 4) is 0 Å². The molecule has 1 N–H and O–H groups in total. The Kier molecular flexibility index (Phi) is 4.53. The second-order valence-electron chi connectivity index (χ2n) is 4.86. The molecule has 2 rings (SSSR count). The number of nitrogens with one attached hydrogen (secondary N) is 1. The maximum absolute atomic E-state index is 13.2.